The topological polar surface area (TPSA) is 56.2 Å². The number of hydrogen-bond acceptors (Lipinski definition) is 3. The van der Waals surface area contributed by atoms with E-state index >= 15 is 0 Å². The second kappa shape index (κ2) is 7.24. The average molecular weight is 429 g/mol. The maximum absolute atomic E-state index is 12.9. The van der Waals surface area contributed by atoms with Crippen molar-refractivity contribution in [1.82, 2.24) is 9.78 Å². The number of aromatic nitrogens is 2. The number of nitrogens with zero attached hydrogens (tertiary/aromatic N) is 2. The van der Waals surface area contributed by atoms with Crippen LogP contribution in [0.15, 0.2) is 24.3 Å². The number of ether oxygens (including phenoxy) is 1. The van der Waals surface area contributed by atoms with Gasteiger partial charge in [-0.25, -0.2) is 13.6 Å². The molecule has 162 valence electrons. The molecule has 1 heterocycles. The predicted molar refractivity (Wildman–Crippen MR) is 98.3 cm³/mol. The van der Waals surface area contributed by atoms with Crippen LogP contribution in [0.2, 0.25) is 0 Å². The van der Waals surface area contributed by atoms with Crippen LogP contribution in [0.1, 0.15) is 49.1 Å². The van der Waals surface area contributed by atoms with E-state index in [1.807, 2.05) is 0 Å². The number of amides is 1. The fourth-order valence-electron chi connectivity index (χ4n) is 3.84. The normalized spacial score (nSPS) is 19.1. The van der Waals surface area contributed by atoms with Gasteiger partial charge in [-0.3, -0.25) is 10.00 Å². The van der Waals surface area contributed by atoms with Gasteiger partial charge in [0.05, 0.1) is 11.3 Å². The van der Waals surface area contributed by atoms with Crippen LogP contribution in [0.3, 0.4) is 0 Å². The number of benzene rings is 1. The first-order chi connectivity index (χ1) is 14.0. The summed E-state index contributed by atoms with van der Waals surface area (Å²) in [5.74, 6) is -2.46. The molecule has 2 aliphatic carbocycles. The minimum absolute atomic E-state index is 0.0966. The van der Waals surface area contributed by atoms with E-state index in [0.29, 0.717) is 11.3 Å². The molecule has 1 amide bonds. The van der Waals surface area contributed by atoms with E-state index in [2.05, 4.69) is 10.4 Å². The molecule has 5 nitrogen and oxygen atoms in total. The Labute approximate surface area is 169 Å². The van der Waals surface area contributed by atoms with Gasteiger partial charge in [0, 0.05) is 31.0 Å². The number of hydrogen-bond donors (Lipinski definition) is 1. The molecular weight excluding hydrogens is 409 g/mol. The van der Waals surface area contributed by atoms with E-state index in [4.69, 9.17) is 4.74 Å². The minimum atomic E-state index is -4.43. The third kappa shape index (κ3) is 3.99. The number of aryl methyl sites for hydroxylation is 1. The van der Waals surface area contributed by atoms with Crippen molar-refractivity contribution in [3.05, 3.63) is 35.4 Å². The third-order valence-electron chi connectivity index (χ3n) is 5.63. The summed E-state index contributed by atoms with van der Waals surface area (Å²) in [5.41, 5.74) is 1.12. The molecule has 4 rings (SSSR count). The van der Waals surface area contributed by atoms with Crippen LogP contribution in [-0.2, 0) is 18.0 Å². The van der Waals surface area contributed by atoms with Crippen LogP contribution in [-0.4, -0.2) is 27.9 Å². The Balaban J connectivity index is 1.59. The van der Waals surface area contributed by atoms with Crippen molar-refractivity contribution >= 4 is 11.9 Å². The number of carbonyl (C=O) groups is 1. The quantitative estimate of drug-likeness (QED) is 0.633. The molecule has 0 saturated heterocycles. The van der Waals surface area contributed by atoms with E-state index < -0.39 is 42.7 Å². The Morgan fingerprint density at radius 2 is 1.83 bits per heavy atom. The number of halogens is 5. The lowest BCUT2D eigenvalue weighted by Gasteiger charge is -2.34. The van der Waals surface area contributed by atoms with Crippen LogP contribution in [0.5, 0.6) is 0 Å². The molecule has 10 heteroatoms. The first-order valence-electron chi connectivity index (χ1n) is 9.63. The number of nitrogens with one attached hydrogen (secondary N) is 1. The first kappa shape index (κ1) is 20.6. The zero-order chi connectivity index (χ0) is 21.7. The summed E-state index contributed by atoms with van der Waals surface area (Å²) in [4.78, 5) is 12.2. The van der Waals surface area contributed by atoms with Crippen LogP contribution in [0.25, 0.3) is 11.3 Å². The molecule has 0 atom stereocenters. The van der Waals surface area contributed by atoms with Gasteiger partial charge in [-0.05, 0) is 30.9 Å². The summed E-state index contributed by atoms with van der Waals surface area (Å²) in [6.45, 7) is 0. The lowest BCUT2D eigenvalue weighted by atomic mass is 9.79. The first-order valence-corrected chi connectivity index (χ1v) is 9.63. The lowest BCUT2D eigenvalue weighted by molar-refractivity contribution is -0.143. The molecule has 2 saturated carbocycles. The molecular formula is C20H20F5N3O2. The van der Waals surface area contributed by atoms with Crippen molar-refractivity contribution in [2.45, 2.75) is 56.2 Å². The van der Waals surface area contributed by atoms with Crippen LogP contribution in [0.4, 0.5) is 32.6 Å². The average Bonchev–Trinajstić information content (AvgIpc) is 2.86. The number of anilines is 1. The number of rotatable bonds is 4. The summed E-state index contributed by atoms with van der Waals surface area (Å²) < 4.78 is 71.0. The second-order valence-corrected chi connectivity index (χ2v) is 7.85. The lowest BCUT2D eigenvalue weighted by Crippen LogP contribution is -2.43. The maximum Gasteiger partial charge on any atom is 0.416 e. The van der Waals surface area contributed by atoms with Crippen molar-refractivity contribution < 1.29 is 31.5 Å². The Hall–Kier alpha value is -2.65. The number of carbonyl (C=O) groups excluding carboxylic acids is 1. The predicted octanol–water partition coefficient (Wildman–Crippen LogP) is 5.72. The van der Waals surface area contributed by atoms with Gasteiger partial charge < -0.3 is 4.74 Å². The highest BCUT2D eigenvalue weighted by Crippen LogP contribution is 2.45. The van der Waals surface area contributed by atoms with Crippen molar-refractivity contribution in [3.8, 4) is 11.3 Å². The van der Waals surface area contributed by atoms with E-state index in [1.165, 1.54) is 16.8 Å². The van der Waals surface area contributed by atoms with E-state index in [0.717, 1.165) is 37.0 Å². The van der Waals surface area contributed by atoms with Gasteiger partial charge in [-0.1, -0.05) is 18.6 Å². The van der Waals surface area contributed by atoms with Gasteiger partial charge in [0.1, 0.15) is 6.10 Å². The summed E-state index contributed by atoms with van der Waals surface area (Å²) in [6, 6.07) is 4.76. The highest BCUT2D eigenvalue weighted by Gasteiger charge is 2.47. The zero-order valence-electron chi connectivity index (χ0n) is 16.1. The van der Waals surface area contributed by atoms with Crippen molar-refractivity contribution in [2.24, 2.45) is 7.05 Å². The Morgan fingerprint density at radius 3 is 2.33 bits per heavy atom. The fraction of sp³-hybridized carbons (Fsp3) is 0.500. The molecule has 0 spiro atoms. The standard InChI is InChI=1S/C20H20F5N3O2/c1-28-16(12-5-7-13(8-6-12)20(23,24)25)15(11-3-2-4-11)17(27-28)26-18(29)30-14-9-19(21,22)10-14/h5-8,11,14H,2-4,9-10H2,1H3,(H,26,27,29). The smallest absolute Gasteiger partial charge is 0.416 e. The summed E-state index contributed by atoms with van der Waals surface area (Å²) >= 11 is 0. The summed E-state index contributed by atoms with van der Waals surface area (Å²) in [5, 5.41) is 6.85. The van der Waals surface area contributed by atoms with Gasteiger partial charge in [-0.15, -0.1) is 0 Å². The van der Waals surface area contributed by atoms with Gasteiger partial charge in [0.2, 0.25) is 0 Å². The highest BCUT2D eigenvalue weighted by molar-refractivity contribution is 5.87. The molecule has 0 aliphatic heterocycles. The van der Waals surface area contributed by atoms with E-state index in [1.54, 1.807) is 7.05 Å². The van der Waals surface area contributed by atoms with Gasteiger partial charge >= 0.3 is 12.3 Å². The molecule has 1 aromatic heterocycles. The molecule has 0 radical (unpaired) electrons. The number of alkyl halides is 5. The summed E-state index contributed by atoms with van der Waals surface area (Å²) in [6.07, 6.45) is -4.44. The monoisotopic (exact) mass is 429 g/mol. The van der Waals surface area contributed by atoms with Crippen molar-refractivity contribution in [2.75, 3.05) is 5.32 Å². The Morgan fingerprint density at radius 1 is 1.20 bits per heavy atom. The molecule has 2 fully saturated rings. The Kier molecular flexibility index (Phi) is 4.98. The van der Waals surface area contributed by atoms with Crippen molar-refractivity contribution in [1.29, 1.82) is 0 Å². The van der Waals surface area contributed by atoms with Crippen LogP contribution in [0, 0.1) is 0 Å². The zero-order valence-corrected chi connectivity index (χ0v) is 16.1. The molecule has 2 aromatic rings. The largest absolute Gasteiger partial charge is 0.445 e. The molecule has 1 aromatic carbocycles. The Bertz CT molecular complexity index is 941. The summed E-state index contributed by atoms with van der Waals surface area (Å²) in [7, 11) is 1.64. The second-order valence-electron chi connectivity index (χ2n) is 7.85. The molecule has 0 unspecified atom stereocenters. The third-order valence-corrected chi connectivity index (χ3v) is 5.63. The minimum Gasteiger partial charge on any atom is -0.445 e. The van der Waals surface area contributed by atoms with Crippen LogP contribution < -0.4 is 5.32 Å². The van der Waals surface area contributed by atoms with Gasteiger partial charge in [-0.2, -0.15) is 18.3 Å². The molecule has 2 aliphatic rings. The SMILES string of the molecule is Cn1nc(NC(=O)OC2CC(F)(F)C2)c(C2CCC2)c1-c1ccc(C(F)(F)F)cc1. The molecule has 30 heavy (non-hydrogen) atoms. The van der Waals surface area contributed by atoms with E-state index in [-0.39, 0.29) is 11.7 Å². The maximum atomic E-state index is 12.9. The van der Waals surface area contributed by atoms with Gasteiger partial charge in [0.25, 0.3) is 5.92 Å². The fourth-order valence-corrected chi connectivity index (χ4v) is 3.84. The van der Waals surface area contributed by atoms with Crippen molar-refractivity contribution in [3.63, 3.8) is 0 Å². The molecule has 1 N–H and O–H groups in total. The van der Waals surface area contributed by atoms with Crippen LogP contribution >= 0.6 is 0 Å². The molecule has 0 bridgehead atoms. The highest BCUT2D eigenvalue weighted by atomic mass is 19.4. The van der Waals surface area contributed by atoms with Gasteiger partial charge in [0.15, 0.2) is 5.82 Å². The van der Waals surface area contributed by atoms with E-state index in [9.17, 15) is 26.7 Å².